The molecule has 2 aliphatic rings. The summed E-state index contributed by atoms with van der Waals surface area (Å²) in [4.78, 5) is 36.5. The van der Waals surface area contributed by atoms with Gasteiger partial charge in [-0.3, -0.25) is 9.69 Å². The Morgan fingerprint density at radius 1 is 1.00 bits per heavy atom. The summed E-state index contributed by atoms with van der Waals surface area (Å²) in [5.41, 5.74) is 0. The van der Waals surface area contributed by atoms with Crippen LogP contribution < -0.4 is 10.6 Å². The summed E-state index contributed by atoms with van der Waals surface area (Å²) in [6.07, 6.45) is 5.94. The molecule has 1 aliphatic heterocycles. The summed E-state index contributed by atoms with van der Waals surface area (Å²) in [5.74, 6) is -0.441. The lowest BCUT2D eigenvalue weighted by Gasteiger charge is -2.28. The average Bonchev–Trinajstić information content (AvgIpc) is 2.62. The lowest BCUT2D eigenvalue weighted by Crippen LogP contribution is -2.53. The van der Waals surface area contributed by atoms with E-state index in [0.29, 0.717) is 19.4 Å². The highest BCUT2D eigenvalue weighted by Gasteiger charge is 2.32. The second kappa shape index (κ2) is 7.28. The number of carbonyl (C=O) groups is 3. The van der Waals surface area contributed by atoms with Gasteiger partial charge in [0.15, 0.2) is 0 Å². The van der Waals surface area contributed by atoms with Crippen LogP contribution in [0.1, 0.15) is 51.4 Å². The third-order valence-electron chi connectivity index (χ3n) is 4.16. The minimum Gasteiger partial charge on any atom is -0.465 e. The number of rotatable bonds is 2. The van der Waals surface area contributed by atoms with Crippen LogP contribution >= 0.6 is 0 Å². The van der Waals surface area contributed by atoms with E-state index in [1.54, 1.807) is 0 Å². The number of imide groups is 1. The van der Waals surface area contributed by atoms with Crippen LogP contribution in [-0.2, 0) is 4.79 Å². The molecule has 1 aliphatic carbocycles. The molecule has 3 N–H and O–H groups in total. The number of hydrogen-bond donors (Lipinski definition) is 3. The highest BCUT2D eigenvalue weighted by molar-refractivity contribution is 5.98. The largest absolute Gasteiger partial charge is 0.465 e. The van der Waals surface area contributed by atoms with Crippen molar-refractivity contribution >= 4 is 18.0 Å². The van der Waals surface area contributed by atoms with E-state index in [4.69, 9.17) is 5.11 Å². The second-order valence-corrected chi connectivity index (χ2v) is 5.77. The summed E-state index contributed by atoms with van der Waals surface area (Å²) < 4.78 is 0. The van der Waals surface area contributed by atoms with E-state index in [9.17, 15) is 14.4 Å². The number of carbonyl (C=O) groups excluding carboxylic acids is 2. The van der Waals surface area contributed by atoms with Crippen molar-refractivity contribution in [2.45, 2.75) is 63.5 Å². The molecule has 0 spiro atoms. The Morgan fingerprint density at radius 3 is 2.33 bits per heavy atom. The van der Waals surface area contributed by atoms with Gasteiger partial charge in [-0.25, -0.2) is 9.59 Å². The topological polar surface area (TPSA) is 98.7 Å². The SMILES string of the molecule is O=C(O)N[C@H]1CCCCN(C(=O)NC2CCCCC2)C1=O. The van der Waals surface area contributed by atoms with Crippen molar-refractivity contribution in [1.82, 2.24) is 15.5 Å². The minimum absolute atomic E-state index is 0.133. The summed E-state index contributed by atoms with van der Waals surface area (Å²) in [7, 11) is 0. The van der Waals surface area contributed by atoms with E-state index >= 15 is 0 Å². The van der Waals surface area contributed by atoms with Gasteiger partial charge in [0, 0.05) is 12.6 Å². The molecule has 7 heteroatoms. The fourth-order valence-electron chi connectivity index (χ4n) is 3.02. The first kappa shape index (κ1) is 15.6. The molecule has 0 radical (unpaired) electrons. The molecule has 21 heavy (non-hydrogen) atoms. The Hall–Kier alpha value is -1.79. The quantitative estimate of drug-likeness (QED) is 0.722. The van der Waals surface area contributed by atoms with Gasteiger partial charge in [0.1, 0.15) is 6.04 Å². The number of urea groups is 1. The Labute approximate surface area is 124 Å². The molecule has 2 rings (SSSR count). The normalized spacial score (nSPS) is 24.3. The van der Waals surface area contributed by atoms with Crippen molar-refractivity contribution in [3.8, 4) is 0 Å². The summed E-state index contributed by atoms with van der Waals surface area (Å²) in [5, 5.41) is 13.9. The van der Waals surface area contributed by atoms with E-state index in [-0.39, 0.29) is 12.1 Å². The molecule has 0 bridgehead atoms. The van der Waals surface area contributed by atoms with Crippen LogP contribution in [0.2, 0.25) is 0 Å². The van der Waals surface area contributed by atoms with Crippen molar-refractivity contribution in [2.75, 3.05) is 6.54 Å². The van der Waals surface area contributed by atoms with Crippen molar-refractivity contribution in [1.29, 1.82) is 0 Å². The molecule has 1 saturated carbocycles. The minimum atomic E-state index is -1.23. The third kappa shape index (κ3) is 4.34. The monoisotopic (exact) mass is 297 g/mol. The molecule has 0 aromatic carbocycles. The van der Waals surface area contributed by atoms with E-state index in [1.165, 1.54) is 11.3 Å². The number of nitrogens with one attached hydrogen (secondary N) is 2. The van der Waals surface area contributed by atoms with Crippen molar-refractivity contribution < 1.29 is 19.5 Å². The molecule has 118 valence electrons. The van der Waals surface area contributed by atoms with Crippen LogP contribution in [0.25, 0.3) is 0 Å². The van der Waals surface area contributed by atoms with Crippen LogP contribution in [-0.4, -0.2) is 46.7 Å². The predicted molar refractivity (Wildman–Crippen MR) is 75.9 cm³/mol. The Balaban J connectivity index is 1.96. The Morgan fingerprint density at radius 2 is 1.67 bits per heavy atom. The number of hydrogen-bond acceptors (Lipinski definition) is 3. The summed E-state index contributed by atoms with van der Waals surface area (Å²) in [6.45, 7) is 0.356. The number of amides is 4. The molecule has 0 aromatic rings. The maximum absolute atomic E-state index is 12.3. The summed E-state index contributed by atoms with van der Waals surface area (Å²) >= 11 is 0. The lowest BCUT2D eigenvalue weighted by molar-refractivity contribution is -0.129. The fourth-order valence-corrected chi connectivity index (χ4v) is 3.02. The molecule has 4 amide bonds. The van der Waals surface area contributed by atoms with Crippen LogP contribution in [0, 0.1) is 0 Å². The molecule has 1 saturated heterocycles. The van der Waals surface area contributed by atoms with Gasteiger partial charge in [-0.15, -0.1) is 0 Å². The first-order chi connectivity index (χ1) is 10.1. The van der Waals surface area contributed by atoms with Crippen molar-refractivity contribution in [2.24, 2.45) is 0 Å². The van der Waals surface area contributed by atoms with Gasteiger partial charge >= 0.3 is 12.1 Å². The van der Waals surface area contributed by atoms with E-state index in [1.807, 2.05) is 0 Å². The van der Waals surface area contributed by atoms with Gasteiger partial charge in [0.2, 0.25) is 0 Å². The number of carboxylic acid groups (broad SMARTS) is 1. The van der Waals surface area contributed by atoms with Crippen LogP contribution in [0.4, 0.5) is 9.59 Å². The maximum Gasteiger partial charge on any atom is 0.405 e. The molecule has 1 atom stereocenters. The second-order valence-electron chi connectivity index (χ2n) is 5.77. The van der Waals surface area contributed by atoms with Crippen LogP contribution in [0.3, 0.4) is 0 Å². The fraction of sp³-hybridized carbons (Fsp3) is 0.786. The van der Waals surface area contributed by atoms with E-state index in [2.05, 4.69) is 10.6 Å². The molecular formula is C14H23N3O4. The predicted octanol–water partition coefficient (Wildman–Crippen LogP) is 1.68. The standard InChI is InChI=1S/C14H23N3O4/c18-12-11(16-14(20)21)8-4-5-9-17(12)13(19)15-10-6-2-1-3-7-10/h10-11,16H,1-9H2,(H,15,19)(H,20,21)/t11-/m0/s1. The summed E-state index contributed by atoms with van der Waals surface area (Å²) in [6, 6.07) is -1.07. The van der Waals surface area contributed by atoms with Gasteiger partial charge < -0.3 is 15.7 Å². The zero-order valence-corrected chi connectivity index (χ0v) is 12.1. The third-order valence-corrected chi connectivity index (χ3v) is 4.16. The molecule has 7 nitrogen and oxygen atoms in total. The van der Waals surface area contributed by atoms with Crippen molar-refractivity contribution in [3.63, 3.8) is 0 Å². The molecular weight excluding hydrogens is 274 g/mol. The van der Waals surface area contributed by atoms with Crippen molar-refractivity contribution in [3.05, 3.63) is 0 Å². The van der Waals surface area contributed by atoms with Gasteiger partial charge in [0.05, 0.1) is 0 Å². The number of likely N-dealkylation sites (tertiary alicyclic amines) is 1. The van der Waals surface area contributed by atoms with E-state index in [0.717, 1.165) is 32.1 Å². The molecule has 1 heterocycles. The Bertz CT molecular complexity index is 407. The zero-order valence-electron chi connectivity index (χ0n) is 12.1. The first-order valence-electron chi connectivity index (χ1n) is 7.69. The van der Waals surface area contributed by atoms with Crippen LogP contribution in [0.15, 0.2) is 0 Å². The van der Waals surface area contributed by atoms with Gasteiger partial charge in [-0.2, -0.15) is 0 Å². The van der Waals surface area contributed by atoms with E-state index < -0.39 is 18.0 Å². The maximum atomic E-state index is 12.3. The smallest absolute Gasteiger partial charge is 0.405 e. The first-order valence-corrected chi connectivity index (χ1v) is 7.69. The number of nitrogens with zero attached hydrogens (tertiary/aromatic N) is 1. The van der Waals surface area contributed by atoms with Crippen LogP contribution in [0.5, 0.6) is 0 Å². The Kier molecular flexibility index (Phi) is 5.41. The zero-order chi connectivity index (χ0) is 15.2. The van der Waals surface area contributed by atoms with Gasteiger partial charge in [-0.1, -0.05) is 19.3 Å². The molecule has 2 fully saturated rings. The lowest BCUT2D eigenvalue weighted by atomic mass is 9.96. The highest BCUT2D eigenvalue weighted by atomic mass is 16.4. The highest BCUT2D eigenvalue weighted by Crippen LogP contribution is 2.18. The van der Waals surface area contributed by atoms with Gasteiger partial charge in [-0.05, 0) is 32.1 Å². The molecule has 0 unspecified atom stereocenters. The average molecular weight is 297 g/mol. The molecule has 0 aromatic heterocycles. The van der Waals surface area contributed by atoms with Gasteiger partial charge in [0.25, 0.3) is 5.91 Å².